The first-order chi connectivity index (χ1) is 12.8. The third-order valence-electron chi connectivity index (χ3n) is 4.01. The van der Waals surface area contributed by atoms with Gasteiger partial charge >= 0.3 is 6.09 Å². The molecular weight excluding hydrogens is 365 g/mol. The fraction of sp³-hybridized carbons (Fsp3) is 0.353. The summed E-state index contributed by atoms with van der Waals surface area (Å²) in [4.78, 5) is 24.2. The zero-order valence-electron chi connectivity index (χ0n) is 14.6. The van der Waals surface area contributed by atoms with Crippen molar-refractivity contribution in [3.8, 4) is 5.69 Å². The van der Waals surface area contributed by atoms with Crippen molar-refractivity contribution in [2.75, 3.05) is 18.0 Å². The first-order valence-electron chi connectivity index (χ1n) is 8.13. The number of rotatable bonds is 5. The van der Waals surface area contributed by atoms with Gasteiger partial charge in [0.25, 0.3) is 6.43 Å². The number of hydrogen-bond acceptors (Lipinski definition) is 4. The highest BCUT2D eigenvalue weighted by Crippen LogP contribution is 2.28. The maximum absolute atomic E-state index is 14.6. The molecule has 10 heteroatoms. The molecule has 1 aliphatic heterocycles. The van der Waals surface area contributed by atoms with Crippen molar-refractivity contribution >= 4 is 17.7 Å². The Morgan fingerprint density at radius 1 is 1.41 bits per heavy atom. The molecule has 2 aromatic rings. The van der Waals surface area contributed by atoms with Gasteiger partial charge in [0.05, 0.1) is 24.5 Å². The molecule has 1 saturated heterocycles. The lowest BCUT2D eigenvalue weighted by Crippen LogP contribution is -2.33. The van der Waals surface area contributed by atoms with E-state index in [4.69, 9.17) is 4.74 Å². The summed E-state index contributed by atoms with van der Waals surface area (Å²) >= 11 is 0. The molecule has 1 atom stereocenters. The molecule has 0 spiro atoms. The smallest absolute Gasteiger partial charge is 0.414 e. The Labute approximate surface area is 152 Å². The Morgan fingerprint density at radius 3 is 2.78 bits per heavy atom. The van der Waals surface area contributed by atoms with E-state index >= 15 is 0 Å². The normalized spacial score (nSPS) is 16.7. The van der Waals surface area contributed by atoms with Gasteiger partial charge < -0.3 is 10.1 Å². The monoisotopic (exact) mass is 382 g/mol. The van der Waals surface area contributed by atoms with Crippen LogP contribution in [0.4, 0.5) is 23.7 Å². The van der Waals surface area contributed by atoms with Gasteiger partial charge in [0.2, 0.25) is 5.91 Å². The number of nitrogens with zero attached hydrogens (tertiary/aromatic N) is 3. The lowest BCUT2D eigenvalue weighted by Gasteiger charge is -2.15. The minimum absolute atomic E-state index is 0.126. The van der Waals surface area contributed by atoms with E-state index in [-0.39, 0.29) is 30.4 Å². The molecule has 0 unspecified atom stereocenters. The predicted molar refractivity (Wildman–Crippen MR) is 89.5 cm³/mol. The molecular formula is C17H17F3N4O3. The van der Waals surface area contributed by atoms with Gasteiger partial charge in [0.15, 0.2) is 5.82 Å². The van der Waals surface area contributed by atoms with Crippen molar-refractivity contribution in [2.24, 2.45) is 0 Å². The summed E-state index contributed by atoms with van der Waals surface area (Å²) < 4.78 is 46.8. The van der Waals surface area contributed by atoms with Gasteiger partial charge in [0, 0.05) is 6.92 Å². The highest BCUT2D eigenvalue weighted by molar-refractivity contribution is 5.90. The van der Waals surface area contributed by atoms with Crippen molar-refractivity contribution in [1.29, 1.82) is 0 Å². The third kappa shape index (κ3) is 3.88. The van der Waals surface area contributed by atoms with Gasteiger partial charge in [-0.1, -0.05) is 0 Å². The van der Waals surface area contributed by atoms with E-state index in [1.807, 2.05) is 0 Å². The lowest BCUT2D eigenvalue weighted by atomic mass is 10.2. The van der Waals surface area contributed by atoms with Crippen molar-refractivity contribution in [3.63, 3.8) is 0 Å². The zero-order valence-corrected chi connectivity index (χ0v) is 14.6. The molecule has 1 aromatic carbocycles. The number of hydrogen-bond donors (Lipinski definition) is 1. The Balaban J connectivity index is 1.83. The van der Waals surface area contributed by atoms with Crippen molar-refractivity contribution < 1.29 is 27.5 Å². The van der Waals surface area contributed by atoms with E-state index in [1.165, 1.54) is 36.9 Å². The van der Waals surface area contributed by atoms with Gasteiger partial charge in [-0.25, -0.2) is 22.6 Å². The molecule has 7 nitrogen and oxygen atoms in total. The first-order valence-corrected chi connectivity index (χ1v) is 8.13. The van der Waals surface area contributed by atoms with Crippen LogP contribution >= 0.6 is 0 Å². The summed E-state index contributed by atoms with van der Waals surface area (Å²) in [6.07, 6.45) is -4.06. The number of carbonyl (C=O) groups excluding carboxylic acids is 2. The van der Waals surface area contributed by atoms with Crippen LogP contribution in [0.1, 0.15) is 24.7 Å². The van der Waals surface area contributed by atoms with E-state index in [9.17, 15) is 22.8 Å². The fourth-order valence-corrected chi connectivity index (χ4v) is 2.80. The number of aryl methyl sites for hydroxylation is 1. The van der Waals surface area contributed by atoms with Crippen LogP contribution in [-0.4, -0.2) is 41.0 Å². The maximum atomic E-state index is 14.6. The van der Waals surface area contributed by atoms with Crippen molar-refractivity contribution in [3.05, 3.63) is 41.5 Å². The summed E-state index contributed by atoms with van der Waals surface area (Å²) in [7, 11) is 0. The quantitative estimate of drug-likeness (QED) is 0.863. The summed E-state index contributed by atoms with van der Waals surface area (Å²) in [5.74, 6) is -1.07. The number of nitrogens with one attached hydrogen (secondary N) is 1. The summed E-state index contributed by atoms with van der Waals surface area (Å²) in [5.41, 5.74) is -0.0219. The van der Waals surface area contributed by atoms with Crippen LogP contribution in [0.25, 0.3) is 5.69 Å². The second kappa shape index (κ2) is 7.29. The van der Waals surface area contributed by atoms with Crippen LogP contribution in [0.3, 0.4) is 0 Å². The highest BCUT2D eigenvalue weighted by atomic mass is 19.3. The second-order valence-corrected chi connectivity index (χ2v) is 6.11. The molecule has 0 saturated carbocycles. The van der Waals surface area contributed by atoms with E-state index < -0.39 is 30.1 Å². The van der Waals surface area contributed by atoms with Crippen LogP contribution in [0.2, 0.25) is 0 Å². The third-order valence-corrected chi connectivity index (χ3v) is 4.01. The van der Waals surface area contributed by atoms with Gasteiger partial charge in [-0.2, -0.15) is 5.10 Å². The Kier molecular flexibility index (Phi) is 5.06. The number of halogens is 3. The summed E-state index contributed by atoms with van der Waals surface area (Å²) in [5, 5.41) is 6.45. The number of carbonyl (C=O) groups is 2. The molecule has 2 amide bonds. The van der Waals surface area contributed by atoms with Crippen LogP contribution in [-0.2, 0) is 9.53 Å². The molecule has 1 N–H and O–H groups in total. The Morgan fingerprint density at radius 2 is 2.15 bits per heavy atom. The van der Waals surface area contributed by atoms with Crippen LogP contribution in [0.5, 0.6) is 0 Å². The Hall–Kier alpha value is -3.04. The summed E-state index contributed by atoms with van der Waals surface area (Å²) in [6.45, 7) is 3.14. The minimum atomic E-state index is -2.81. The van der Waals surface area contributed by atoms with E-state index in [1.54, 1.807) is 0 Å². The van der Waals surface area contributed by atoms with E-state index in [0.717, 1.165) is 10.7 Å². The van der Waals surface area contributed by atoms with Gasteiger partial charge in [-0.05, 0) is 31.2 Å². The largest absolute Gasteiger partial charge is 0.442 e. The number of ether oxygens (including phenoxy) is 1. The fourth-order valence-electron chi connectivity index (χ4n) is 2.80. The predicted octanol–water partition coefficient (Wildman–Crippen LogP) is 2.72. The minimum Gasteiger partial charge on any atom is -0.442 e. The standard InChI is InChI=1S/C17H17F3N4O3/c1-9-5-15(16(19)20)24(22-9)14-4-3-11(6-13(14)18)23-8-12(27-17(23)26)7-21-10(2)25/h3-6,12,16H,7-8H2,1-2H3,(H,21,25)/t12-/m0/s1. The van der Waals surface area contributed by atoms with Crippen LogP contribution in [0.15, 0.2) is 24.3 Å². The molecule has 1 aromatic heterocycles. The lowest BCUT2D eigenvalue weighted by molar-refractivity contribution is -0.119. The van der Waals surface area contributed by atoms with Crippen molar-refractivity contribution in [2.45, 2.75) is 26.4 Å². The number of benzene rings is 1. The molecule has 2 heterocycles. The number of cyclic esters (lactones) is 1. The zero-order chi connectivity index (χ0) is 19.7. The SMILES string of the molecule is CC(=O)NC[C@H]1CN(c2ccc(-n3nc(C)cc3C(F)F)c(F)c2)C(=O)O1. The van der Waals surface area contributed by atoms with Gasteiger partial charge in [-0.15, -0.1) is 0 Å². The Bertz CT molecular complexity index is 884. The number of alkyl halides is 2. The molecule has 0 aliphatic carbocycles. The number of amides is 2. The highest BCUT2D eigenvalue weighted by Gasteiger charge is 2.33. The average molecular weight is 382 g/mol. The molecule has 3 rings (SSSR count). The summed E-state index contributed by atoms with van der Waals surface area (Å²) in [6, 6.07) is 4.94. The van der Waals surface area contributed by atoms with Crippen LogP contribution < -0.4 is 10.2 Å². The first kappa shape index (κ1) is 18.7. The van der Waals surface area contributed by atoms with Crippen LogP contribution in [0, 0.1) is 12.7 Å². The molecule has 27 heavy (non-hydrogen) atoms. The maximum Gasteiger partial charge on any atom is 0.414 e. The van der Waals surface area contributed by atoms with Gasteiger partial charge in [0.1, 0.15) is 17.5 Å². The number of aromatic nitrogens is 2. The van der Waals surface area contributed by atoms with Crippen molar-refractivity contribution in [1.82, 2.24) is 15.1 Å². The molecule has 0 radical (unpaired) electrons. The molecule has 1 fully saturated rings. The molecule has 1 aliphatic rings. The topological polar surface area (TPSA) is 76.5 Å². The second-order valence-electron chi connectivity index (χ2n) is 6.11. The molecule has 144 valence electrons. The average Bonchev–Trinajstić information content (AvgIpc) is 3.15. The van der Waals surface area contributed by atoms with Gasteiger partial charge in [-0.3, -0.25) is 9.69 Å². The van der Waals surface area contributed by atoms with E-state index in [2.05, 4.69) is 10.4 Å². The van der Waals surface area contributed by atoms with E-state index in [0.29, 0.717) is 5.69 Å². The molecule has 0 bridgehead atoms. The number of anilines is 1.